The Balaban J connectivity index is 2.00. The van der Waals surface area contributed by atoms with Crippen LogP contribution in [0.15, 0.2) is 18.2 Å². The Labute approximate surface area is 104 Å². The maximum Gasteiger partial charge on any atom is 0.327 e. The van der Waals surface area contributed by atoms with Gasteiger partial charge in [0.1, 0.15) is 6.04 Å². The van der Waals surface area contributed by atoms with Crippen LogP contribution in [0, 0.1) is 0 Å². The minimum Gasteiger partial charge on any atom is -0.454 e. The molecule has 0 N–H and O–H groups in total. The molecule has 6 nitrogen and oxygen atoms in total. The summed E-state index contributed by atoms with van der Waals surface area (Å²) < 4.78 is 10.5. The summed E-state index contributed by atoms with van der Waals surface area (Å²) in [6.07, 6.45) is 0. The highest BCUT2D eigenvalue weighted by molar-refractivity contribution is 6.04. The molecule has 0 bridgehead atoms. The van der Waals surface area contributed by atoms with E-state index in [2.05, 4.69) is 0 Å². The molecule has 3 amide bonds. The molecule has 1 fully saturated rings. The van der Waals surface area contributed by atoms with Crippen LogP contribution < -0.4 is 9.47 Å². The molecule has 0 saturated carbocycles. The predicted octanol–water partition coefficient (Wildman–Crippen LogP) is 0.980. The van der Waals surface area contributed by atoms with Gasteiger partial charge in [-0.2, -0.15) is 0 Å². The average molecular weight is 248 g/mol. The number of carbonyl (C=O) groups is 2. The fourth-order valence-corrected chi connectivity index (χ4v) is 2.24. The van der Waals surface area contributed by atoms with Crippen molar-refractivity contribution in [1.29, 1.82) is 0 Å². The number of hydrogen-bond donors (Lipinski definition) is 0. The number of likely N-dealkylation sites (N-methyl/N-ethyl adjacent to an activating group) is 2. The predicted molar refractivity (Wildman–Crippen MR) is 61.2 cm³/mol. The lowest BCUT2D eigenvalue weighted by Crippen LogP contribution is -2.27. The lowest BCUT2D eigenvalue weighted by Gasteiger charge is -2.16. The van der Waals surface area contributed by atoms with Gasteiger partial charge in [0.25, 0.3) is 5.91 Å². The Morgan fingerprint density at radius 3 is 2.56 bits per heavy atom. The second-order valence-corrected chi connectivity index (χ2v) is 4.31. The number of fused-ring (bicyclic) bond motifs is 1. The van der Waals surface area contributed by atoms with Crippen molar-refractivity contribution in [2.75, 3.05) is 20.9 Å². The number of hydrogen-bond acceptors (Lipinski definition) is 4. The number of ether oxygens (including phenoxy) is 2. The number of urea groups is 1. The van der Waals surface area contributed by atoms with Gasteiger partial charge in [0.2, 0.25) is 6.79 Å². The maximum absolute atomic E-state index is 12.0. The van der Waals surface area contributed by atoms with Crippen LogP contribution in [0.4, 0.5) is 4.79 Å². The van der Waals surface area contributed by atoms with Gasteiger partial charge in [-0.05, 0) is 17.7 Å². The third kappa shape index (κ3) is 1.35. The third-order valence-electron chi connectivity index (χ3n) is 3.25. The zero-order chi connectivity index (χ0) is 12.9. The Kier molecular flexibility index (Phi) is 2.19. The van der Waals surface area contributed by atoms with Gasteiger partial charge >= 0.3 is 6.03 Å². The fraction of sp³-hybridized carbons (Fsp3) is 0.333. The minimum absolute atomic E-state index is 0.187. The molecule has 2 aliphatic heterocycles. The van der Waals surface area contributed by atoms with E-state index < -0.39 is 6.04 Å². The van der Waals surface area contributed by atoms with Gasteiger partial charge in [0.15, 0.2) is 11.5 Å². The summed E-state index contributed by atoms with van der Waals surface area (Å²) in [6, 6.07) is 4.38. The number of rotatable bonds is 1. The van der Waals surface area contributed by atoms with Crippen LogP contribution in [-0.4, -0.2) is 42.6 Å². The molecule has 2 heterocycles. The van der Waals surface area contributed by atoms with Crippen molar-refractivity contribution < 1.29 is 19.1 Å². The van der Waals surface area contributed by atoms with Crippen molar-refractivity contribution in [1.82, 2.24) is 9.80 Å². The van der Waals surface area contributed by atoms with Crippen molar-refractivity contribution in [2.45, 2.75) is 6.04 Å². The van der Waals surface area contributed by atoms with Crippen molar-refractivity contribution in [2.24, 2.45) is 0 Å². The summed E-state index contributed by atoms with van der Waals surface area (Å²) in [5, 5.41) is 0. The zero-order valence-electron chi connectivity index (χ0n) is 10.0. The maximum atomic E-state index is 12.0. The Hall–Kier alpha value is -2.24. The lowest BCUT2D eigenvalue weighted by atomic mass is 10.1. The quantitative estimate of drug-likeness (QED) is 0.695. The topological polar surface area (TPSA) is 59.1 Å². The van der Waals surface area contributed by atoms with Crippen LogP contribution in [-0.2, 0) is 4.79 Å². The van der Waals surface area contributed by atoms with E-state index in [0.29, 0.717) is 11.5 Å². The fourth-order valence-electron chi connectivity index (χ4n) is 2.24. The molecule has 0 aromatic heterocycles. The molecule has 2 aliphatic rings. The van der Waals surface area contributed by atoms with Gasteiger partial charge in [-0.15, -0.1) is 0 Å². The Morgan fingerprint density at radius 2 is 1.89 bits per heavy atom. The smallest absolute Gasteiger partial charge is 0.327 e. The van der Waals surface area contributed by atoms with E-state index in [-0.39, 0.29) is 18.7 Å². The molecule has 1 aromatic rings. The van der Waals surface area contributed by atoms with Crippen LogP contribution >= 0.6 is 0 Å². The number of imide groups is 1. The lowest BCUT2D eigenvalue weighted by molar-refractivity contribution is -0.127. The van der Waals surface area contributed by atoms with E-state index in [1.165, 1.54) is 11.9 Å². The van der Waals surface area contributed by atoms with Gasteiger partial charge < -0.3 is 14.4 Å². The molecule has 0 aliphatic carbocycles. The van der Waals surface area contributed by atoms with E-state index in [9.17, 15) is 9.59 Å². The number of carbonyl (C=O) groups excluding carboxylic acids is 2. The molecule has 1 aromatic carbocycles. The summed E-state index contributed by atoms with van der Waals surface area (Å²) in [4.78, 5) is 26.3. The first-order valence-corrected chi connectivity index (χ1v) is 5.53. The van der Waals surface area contributed by atoms with Gasteiger partial charge in [-0.1, -0.05) is 6.07 Å². The Bertz CT molecular complexity index is 543. The molecule has 0 radical (unpaired) electrons. The first kappa shape index (κ1) is 10.9. The van der Waals surface area contributed by atoms with E-state index in [4.69, 9.17) is 9.47 Å². The van der Waals surface area contributed by atoms with E-state index in [1.54, 1.807) is 25.2 Å². The summed E-state index contributed by atoms with van der Waals surface area (Å²) >= 11 is 0. The molecule has 3 rings (SSSR count). The molecule has 1 atom stereocenters. The highest BCUT2D eigenvalue weighted by Crippen LogP contribution is 2.37. The first-order chi connectivity index (χ1) is 8.59. The summed E-state index contributed by atoms with van der Waals surface area (Å²) in [6.45, 7) is 0.187. The SMILES string of the molecule is CN1C(=O)C(c2ccc3c(c2)OCO3)N(C)C1=O. The second kappa shape index (κ2) is 3.63. The number of amides is 3. The number of nitrogens with zero attached hydrogens (tertiary/aromatic N) is 2. The van der Waals surface area contributed by atoms with Crippen LogP contribution in [0.25, 0.3) is 0 Å². The zero-order valence-corrected chi connectivity index (χ0v) is 10.0. The molecular weight excluding hydrogens is 236 g/mol. The molecule has 6 heteroatoms. The first-order valence-electron chi connectivity index (χ1n) is 5.53. The standard InChI is InChI=1S/C12H12N2O4/c1-13-10(11(15)14(2)12(13)16)7-3-4-8-9(5-7)18-6-17-8/h3-5,10H,6H2,1-2H3. The molecule has 1 saturated heterocycles. The van der Waals surface area contributed by atoms with Gasteiger partial charge in [-0.3, -0.25) is 9.69 Å². The van der Waals surface area contributed by atoms with E-state index >= 15 is 0 Å². The van der Waals surface area contributed by atoms with Gasteiger partial charge in [0, 0.05) is 14.1 Å². The molecule has 18 heavy (non-hydrogen) atoms. The van der Waals surface area contributed by atoms with Crippen LogP contribution in [0.3, 0.4) is 0 Å². The molecule has 94 valence electrons. The summed E-state index contributed by atoms with van der Waals surface area (Å²) in [7, 11) is 3.09. The van der Waals surface area contributed by atoms with Crippen LogP contribution in [0.1, 0.15) is 11.6 Å². The highest BCUT2D eigenvalue weighted by atomic mass is 16.7. The van der Waals surface area contributed by atoms with Crippen molar-refractivity contribution in [3.63, 3.8) is 0 Å². The van der Waals surface area contributed by atoms with Crippen molar-refractivity contribution >= 4 is 11.9 Å². The third-order valence-corrected chi connectivity index (χ3v) is 3.25. The minimum atomic E-state index is -0.586. The van der Waals surface area contributed by atoms with Gasteiger partial charge in [0.05, 0.1) is 0 Å². The van der Waals surface area contributed by atoms with Crippen LogP contribution in [0.5, 0.6) is 11.5 Å². The summed E-state index contributed by atoms with van der Waals surface area (Å²) in [5.41, 5.74) is 0.726. The molecule has 0 spiro atoms. The van der Waals surface area contributed by atoms with Crippen molar-refractivity contribution in [3.8, 4) is 11.5 Å². The largest absolute Gasteiger partial charge is 0.454 e. The molecule has 1 unspecified atom stereocenters. The summed E-state index contributed by atoms with van der Waals surface area (Å²) in [5.74, 6) is 1.03. The second-order valence-electron chi connectivity index (χ2n) is 4.31. The normalized spacial score (nSPS) is 22.0. The van der Waals surface area contributed by atoms with E-state index in [1.807, 2.05) is 0 Å². The molecular formula is C12H12N2O4. The van der Waals surface area contributed by atoms with Crippen LogP contribution in [0.2, 0.25) is 0 Å². The van der Waals surface area contributed by atoms with Crippen molar-refractivity contribution in [3.05, 3.63) is 23.8 Å². The Morgan fingerprint density at radius 1 is 1.17 bits per heavy atom. The average Bonchev–Trinajstić information content (AvgIpc) is 2.90. The monoisotopic (exact) mass is 248 g/mol. The highest BCUT2D eigenvalue weighted by Gasteiger charge is 2.42. The van der Waals surface area contributed by atoms with E-state index in [0.717, 1.165) is 10.5 Å². The van der Waals surface area contributed by atoms with Gasteiger partial charge in [-0.25, -0.2) is 4.79 Å². The number of benzene rings is 1.